The fraction of sp³-hybridized carbons (Fsp3) is 0.464. The van der Waals surface area contributed by atoms with Gasteiger partial charge in [-0.15, -0.1) is 13.2 Å². The van der Waals surface area contributed by atoms with Crippen molar-refractivity contribution in [3.63, 3.8) is 0 Å². The van der Waals surface area contributed by atoms with Gasteiger partial charge in [-0.1, -0.05) is 147 Å². The summed E-state index contributed by atoms with van der Waals surface area (Å²) in [4.78, 5) is 8.28. The molecule has 4 nitrogen and oxygen atoms in total. The van der Waals surface area contributed by atoms with Gasteiger partial charge in [0.1, 0.15) is 34.8 Å². The summed E-state index contributed by atoms with van der Waals surface area (Å²) in [5.41, 5.74) is 4.40. The van der Waals surface area contributed by atoms with Crippen molar-refractivity contribution in [2.45, 2.75) is 164 Å². The second-order valence-corrected chi connectivity index (χ2v) is 22.9. The molecule has 2 N–H and O–H groups in total. The van der Waals surface area contributed by atoms with Crippen LogP contribution in [-0.2, 0) is 38.7 Å². The van der Waals surface area contributed by atoms with Crippen molar-refractivity contribution in [1.29, 1.82) is 0 Å². The molecule has 0 aromatic heterocycles. The average Bonchev–Trinajstić information content (AvgIpc) is 3.20. The molecule has 0 heterocycles. The normalized spacial score (nSPS) is 12.3. The first-order valence-electron chi connectivity index (χ1n) is 22.9. The molecule has 0 aliphatic rings. The van der Waals surface area contributed by atoms with Gasteiger partial charge in [0.2, 0.25) is 0 Å². The topological polar surface area (TPSA) is 65.2 Å². The van der Waals surface area contributed by atoms with Crippen molar-refractivity contribution in [1.82, 2.24) is 0 Å². The summed E-state index contributed by atoms with van der Waals surface area (Å²) in [6.45, 7) is 37.4. The molecule has 4 aromatic carbocycles. The Morgan fingerprint density at radius 1 is 0.582 bits per heavy atom. The zero-order valence-electron chi connectivity index (χ0n) is 42.9. The third-order valence-corrected chi connectivity index (χ3v) is 10.5. The molecular weight excluding hydrogens is 927 g/mol. The van der Waals surface area contributed by atoms with Crippen LogP contribution in [0.1, 0.15) is 176 Å². The van der Waals surface area contributed by atoms with Gasteiger partial charge in [-0.2, -0.15) is 0 Å². The third kappa shape index (κ3) is 23.9. The average molecular weight is 1010 g/mol. The molecule has 0 bridgehead atoms. The van der Waals surface area contributed by atoms with Crippen LogP contribution in [0.4, 0.5) is 28.9 Å². The fourth-order valence-corrected chi connectivity index (χ4v) is 6.58. The first kappa shape index (κ1) is 63.3. The van der Waals surface area contributed by atoms with Gasteiger partial charge in [0.25, 0.3) is 0 Å². The number of hydrogen-bond acceptors (Lipinski definition) is 4. The van der Waals surface area contributed by atoms with Gasteiger partial charge in [0.15, 0.2) is 0 Å². The Kier molecular flexibility index (Phi) is 28.4. The Balaban J connectivity index is 0.000000980. The predicted molar refractivity (Wildman–Crippen MR) is 279 cm³/mol. The van der Waals surface area contributed by atoms with E-state index in [0.29, 0.717) is 11.1 Å². The van der Waals surface area contributed by atoms with Crippen molar-refractivity contribution >= 4 is 42.4 Å². The quantitative estimate of drug-likeness (QED) is 0.0680. The van der Waals surface area contributed by atoms with Crippen LogP contribution in [0.5, 0.6) is 11.5 Å². The van der Waals surface area contributed by atoms with Gasteiger partial charge >= 0.3 is 35.6 Å². The number of benzene rings is 4. The van der Waals surface area contributed by atoms with Gasteiger partial charge in [-0.25, -0.2) is 17.6 Å². The molecule has 0 radical (unpaired) electrons. The second-order valence-electron chi connectivity index (χ2n) is 20.3. The van der Waals surface area contributed by atoms with Gasteiger partial charge in [0.05, 0.1) is 11.4 Å². The van der Waals surface area contributed by atoms with Crippen LogP contribution >= 0.6 is 18.6 Å². The van der Waals surface area contributed by atoms with E-state index in [2.05, 4.69) is 97.6 Å². The number of nitrogens with zero attached hydrogens (tertiary/aromatic N) is 2. The van der Waals surface area contributed by atoms with Crippen LogP contribution in [-0.4, -0.2) is 22.6 Å². The molecule has 1 atom stereocenters. The Bertz CT molecular complexity index is 2020. The molecule has 0 spiro atoms. The van der Waals surface area contributed by atoms with Crippen molar-refractivity contribution in [2.75, 3.05) is 0 Å². The molecule has 4 rings (SSSR count). The van der Waals surface area contributed by atoms with Crippen LogP contribution < -0.4 is 0 Å². The van der Waals surface area contributed by atoms with E-state index in [1.165, 1.54) is 51.0 Å². The summed E-state index contributed by atoms with van der Waals surface area (Å²) >= 11 is -0.556. The molecule has 1 unspecified atom stereocenters. The molecule has 0 saturated heterocycles. The van der Waals surface area contributed by atoms with E-state index >= 15 is 0 Å². The predicted octanol–water partition coefficient (Wildman–Crippen LogP) is 18.8. The SMILES string of the molecule is C/C=C/CCC(CC)CCCC.C=C.CC(C)(C)c1cc(C=Nc2cc(F)cc(F)c2)c(O)c(C(C)(C)C)c1.CC(C)(C)c1cc(C=Nc2cc(F)cc(F)c2)c(O)c(C(C)(C)C)c1.[Cl][Ti][Cl]. The van der Waals surface area contributed by atoms with Crippen molar-refractivity contribution in [3.8, 4) is 11.5 Å². The maximum absolute atomic E-state index is 13.3. The van der Waals surface area contributed by atoms with E-state index in [1.807, 2.05) is 65.8 Å². The summed E-state index contributed by atoms with van der Waals surface area (Å²) in [6.07, 6.45) is 15.6. The number of rotatable bonds is 11. The summed E-state index contributed by atoms with van der Waals surface area (Å²) in [5, 5.41) is 21.3. The number of phenols is 2. The Morgan fingerprint density at radius 3 is 1.19 bits per heavy atom. The summed E-state index contributed by atoms with van der Waals surface area (Å²) in [7, 11) is 9.78. The van der Waals surface area contributed by atoms with Crippen LogP contribution in [0.25, 0.3) is 0 Å². The first-order valence-corrected chi connectivity index (χ1v) is 27.2. The molecule has 11 heteroatoms. The molecule has 0 fully saturated rings. The first-order chi connectivity index (χ1) is 31.0. The number of hydrogen-bond donors (Lipinski definition) is 2. The van der Waals surface area contributed by atoms with Crippen molar-refractivity contribution < 1.29 is 44.8 Å². The molecule has 67 heavy (non-hydrogen) atoms. The molecule has 370 valence electrons. The second kappa shape index (κ2) is 30.0. The van der Waals surface area contributed by atoms with Gasteiger partial charge < -0.3 is 10.2 Å². The number of halogens is 6. The van der Waals surface area contributed by atoms with Gasteiger partial charge in [-0.05, 0) is 94.9 Å². The number of phenolic OH excluding ortho intramolecular Hbond substituents is 2. The Morgan fingerprint density at radius 2 is 0.925 bits per heavy atom. The zero-order chi connectivity index (χ0) is 51.9. The van der Waals surface area contributed by atoms with Crippen molar-refractivity contribution in [2.24, 2.45) is 15.9 Å². The standard InChI is InChI=1S/2C21H25F2NO.C12H24.C2H4.2ClH.Ti/c2*1-20(2,3)14-7-13(19(25)18(8-14)21(4,5)6)12-24-17-10-15(22)9-16(23)11-17;1-4-7-9-11-12(6-3)10-8-5-2;1-2;;;/h2*7-12,25H,1-6H3;4,7,12H,5-6,8-11H2,1-3H3;1-2H2;2*1H;/q;;;;;;+2/p-2/b;;7-4+;;;;. The number of allylic oxidation sites excluding steroid dienone is 2. The monoisotopic (exact) mass is 1000 g/mol. The van der Waals surface area contributed by atoms with E-state index in [4.69, 9.17) is 18.6 Å². The maximum atomic E-state index is 13.3. The molecule has 0 aliphatic carbocycles. The minimum absolute atomic E-state index is 0.110. The molecular formula is C56H78Cl2F4N2O2Ti. The van der Waals surface area contributed by atoms with E-state index in [-0.39, 0.29) is 44.5 Å². The van der Waals surface area contributed by atoms with E-state index in [9.17, 15) is 27.8 Å². The van der Waals surface area contributed by atoms with Crippen LogP contribution in [0.2, 0.25) is 0 Å². The molecule has 4 aromatic rings. The Hall–Kier alpha value is -3.69. The molecule has 0 saturated carbocycles. The third-order valence-electron chi connectivity index (χ3n) is 10.5. The van der Waals surface area contributed by atoms with E-state index < -0.39 is 40.3 Å². The van der Waals surface area contributed by atoms with Crippen LogP contribution in [0.15, 0.2) is 96.0 Å². The van der Waals surface area contributed by atoms with Crippen molar-refractivity contribution in [3.05, 3.63) is 143 Å². The summed E-state index contributed by atoms with van der Waals surface area (Å²) in [6, 6.07) is 13.9. The fourth-order valence-electron chi connectivity index (χ4n) is 6.58. The van der Waals surface area contributed by atoms with Crippen LogP contribution in [0.3, 0.4) is 0 Å². The zero-order valence-corrected chi connectivity index (χ0v) is 45.9. The summed E-state index contributed by atoms with van der Waals surface area (Å²) in [5.74, 6) is -1.49. The van der Waals surface area contributed by atoms with Crippen LogP contribution in [0, 0.1) is 29.2 Å². The van der Waals surface area contributed by atoms with E-state index in [1.54, 1.807) is 0 Å². The molecule has 0 amide bonds. The van der Waals surface area contributed by atoms with Gasteiger partial charge in [-0.3, -0.25) is 9.98 Å². The minimum atomic E-state index is -0.685. The van der Waals surface area contributed by atoms with E-state index in [0.717, 1.165) is 64.6 Å². The summed E-state index contributed by atoms with van der Waals surface area (Å²) < 4.78 is 53.2. The van der Waals surface area contributed by atoms with Gasteiger partial charge in [0, 0.05) is 46.8 Å². The number of aliphatic imine (C=N–C) groups is 2. The Labute approximate surface area is 418 Å². The molecule has 0 aliphatic heterocycles. The number of unbranched alkanes of at least 4 members (excludes halogenated alkanes) is 1. The number of aromatic hydroxyl groups is 2.